The Morgan fingerprint density at radius 1 is 1.50 bits per heavy atom. The van der Waals surface area contributed by atoms with Crippen molar-refractivity contribution in [2.45, 2.75) is 12.5 Å². The first-order valence-corrected chi connectivity index (χ1v) is 5.52. The minimum Gasteiger partial charge on any atom is -0.496 e. The lowest BCUT2D eigenvalue weighted by atomic mass is 9.98. The van der Waals surface area contributed by atoms with Gasteiger partial charge in [0.25, 0.3) is 0 Å². The van der Waals surface area contributed by atoms with Crippen LogP contribution in [-0.2, 0) is 4.79 Å². The zero-order valence-electron chi connectivity index (χ0n) is 9.74. The maximum absolute atomic E-state index is 13.8. The van der Waals surface area contributed by atoms with Gasteiger partial charge < -0.3 is 15.2 Å². The average molecular weight is 257 g/mol. The van der Waals surface area contributed by atoms with E-state index in [0.29, 0.717) is 0 Å². The van der Waals surface area contributed by atoms with Gasteiger partial charge in [-0.15, -0.1) is 0 Å². The molecule has 1 fully saturated rings. The summed E-state index contributed by atoms with van der Waals surface area (Å²) in [4.78, 5) is 10.8. The Balaban J connectivity index is 2.34. The fourth-order valence-electron chi connectivity index (χ4n) is 2.20. The van der Waals surface area contributed by atoms with Crippen molar-refractivity contribution in [1.82, 2.24) is 5.32 Å². The molecule has 1 heterocycles. The van der Waals surface area contributed by atoms with Crippen molar-refractivity contribution in [3.8, 4) is 5.75 Å². The number of hydrogen-bond donors (Lipinski definition) is 2. The van der Waals surface area contributed by atoms with E-state index in [2.05, 4.69) is 5.32 Å². The number of carboxylic acid groups (broad SMARTS) is 1. The monoisotopic (exact) mass is 257 g/mol. The number of nitrogens with one attached hydrogen (secondary N) is 1. The van der Waals surface area contributed by atoms with Gasteiger partial charge in [-0.3, -0.25) is 4.79 Å². The zero-order chi connectivity index (χ0) is 13.3. The van der Waals surface area contributed by atoms with Crippen LogP contribution in [0.15, 0.2) is 12.1 Å². The highest BCUT2D eigenvalue weighted by Crippen LogP contribution is 2.35. The molecular weight excluding hydrogens is 244 g/mol. The van der Waals surface area contributed by atoms with E-state index in [1.807, 2.05) is 0 Å². The van der Waals surface area contributed by atoms with Gasteiger partial charge in [0.05, 0.1) is 13.0 Å². The molecule has 0 bridgehead atoms. The van der Waals surface area contributed by atoms with Crippen molar-refractivity contribution in [3.05, 3.63) is 29.3 Å². The molecule has 2 rings (SSSR count). The van der Waals surface area contributed by atoms with E-state index >= 15 is 0 Å². The number of rotatable bonds is 3. The molecule has 1 aromatic carbocycles. The smallest absolute Gasteiger partial charge is 0.307 e. The molecule has 2 atom stereocenters. The number of ether oxygens (including phenoxy) is 1. The molecule has 0 saturated carbocycles. The van der Waals surface area contributed by atoms with Crippen molar-refractivity contribution < 1.29 is 23.4 Å². The summed E-state index contributed by atoms with van der Waals surface area (Å²) >= 11 is 0. The number of aliphatic carboxylic acids is 1. The molecule has 0 aliphatic carbocycles. The molecule has 6 heteroatoms. The molecule has 4 nitrogen and oxygen atoms in total. The number of hydrogen-bond acceptors (Lipinski definition) is 3. The van der Waals surface area contributed by atoms with E-state index in [9.17, 15) is 13.6 Å². The minimum absolute atomic E-state index is 0.0567. The summed E-state index contributed by atoms with van der Waals surface area (Å²) in [6.45, 7) is 0.235. The summed E-state index contributed by atoms with van der Waals surface area (Å²) in [6, 6.07) is 1.78. The van der Waals surface area contributed by atoms with Gasteiger partial charge in [0, 0.05) is 18.2 Å². The Hall–Kier alpha value is -1.69. The lowest BCUT2D eigenvalue weighted by molar-refractivity contribution is -0.141. The van der Waals surface area contributed by atoms with Crippen LogP contribution in [0.2, 0.25) is 0 Å². The van der Waals surface area contributed by atoms with Gasteiger partial charge in [-0.2, -0.15) is 0 Å². The summed E-state index contributed by atoms with van der Waals surface area (Å²) in [6.07, 6.45) is 0.214. The molecule has 18 heavy (non-hydrogen) atoms. The summed E-state index contributed by atoms with van der Waals surface area (Å²) in [5.74, 6) is -3.27. The lowest BCUT2D eigenvalue weighted by Crippen LogP contribution is -2.18. The maximum atomic E-state index is 13.8. The Kier molecular flexibility index (Phi) is 3.47. The SMILES string of the molecule is COc1ccc(F)c(F)c1C1CC(C(=O)O)CN1. The van der Waals surface area contributed by atoms with E-state index in [0.717, 1.165) is 6.07 Å². The second-order valence-electron chi connectivity index (χ2n) is 4.21. The quantitative estimate of drug-likeness (QED) is 0.865. The van der Waals surface area contributed by atoms with E-state index in [4.69, 9.17) is 9.84 Å². The van der Waals surface area contributed by atoms with Crippen molar-refractivity contribution in [1.29, 1.82) is 0 Å². The van der Waals surface area contributed by atoms with E-state index in [1.54, 1.807) is 0 Å². The third-order valence-electron chi connectivity index (χ3n) is 3.14. The van der Waals surface area contributed by atoms with Crippen LogP contribution in [-0.4, -0.2) is 24.7 Å². The van der Waals surface area contributed by atoms with Crippen LogP contribution in [0.3, 0.4) is 0 Å². The molecule has 1 aliphatic rings. The molecular formula is C12H13F2NO3. The standard InChI is InChI=1S/C12H13F2NO3/c1-18-9-3-2-7(13)11(14)10(9)8-4-6(5-15-8)12(16)17/h2-3,6,8,15H,4-5H2,1H3,(H,16,17). The largest absolute Gasteiger partial charge is 0.496 e. The second-order valence-corrected chi connectivity index (χ2v) is 4.21. The third kappa shape index (κ3) is 2.15. The molecule has 0 spiro atoms. The Morgan fingerprint density at radius 2 is 2.22 bits per heavy atom. The summed E-state index contributed by atoms with van der Waals surface area (Å²) in [5.41, 5.74) is 0.0567. The van der Waals surface area contributed by atoms with Gasteiger partial charge >= 0.3 is 5.97 Å². The molecule has 0 amide bonds. The van der Waals surface area contributed by atoms with Crippen LogP contribution in [0.5, 0.6) is 5.75 Å². The number of halogens is 2. The van der Waals surface area contributed by atoms with E-state index in [1.165, 1.54) is 13.2 Å². The topological polar surface area (TPSA) is 58.6 Å². The minimum atomic E-state index is -0.988. The van der Waals surface area contributed by atoms with Crippen LogP contribution in [0.4, 0.5) is 8.78 Å². The third-order valence-corrected chi connectivity index (χ3v) is 3.14. The van der Waals surface area contributed by atoms with Crippen molar-refractivity contribution in [2.24, 2.45) is 5.92 Å². The molecule has 0 radical (unpaired) electrons. The summed E-state index contributed by atoms with van der Waals surface area (Å²) in [7, 11) is 1.36. The van der Waals surface area contributed by atoms with Crippen LogP contribution < -0.4 is 10.1 Å². The van der Waals surface area contributed by atoms with Crippen LogP contribution in [0.1, 0.15) is 18.0 Å². The number of carbonyl (C=O) groups is 1. The normalized spacial score (nSPS) is 23.1. The highest BCUT2D eigenvalue weighted by atomic mass is 19.2. The fourth-order valence-corrected chi connectivity index (χ4v) is 2.20. The average Bonchev–Trinajstić information content (AvgIpc) is 2.81. The predicted molar refractivity (Wildman–Crippen MR) is 59.4 cm³/mol. The number of methoxy groups -OCH3 is 1. The summed E-state index contributed by atoms with van der Waals surface area (Å²) < 4.78 is 32.0. The first kappa shape index (κ1) is 12.8. The van der Waals surface area contributed by atoms with Crippen LogP contribution in [0.25, 0.3) is 0 Å². The molecule has 98 valence electrons. The van der Waals surface area contributed by atoms with Crippen molar-refractivity contribution in [3.63, 3.8) is 0 Å². The fraction of sp³-hybridized carbons (Fsp3) is 0.417. The Labute approximate surface area is 103 Å². The highest BCUT2D eigenvalue weighted by molar-refractivity contribution is 5.71. The van der Waals surface area contributed by atoms with Gasteiger partial charge in [-0.25, -0.2) is 8.78 Å². The van der Waals surface area contributed by atoms with Crippen LogP contribution in [0, 0.1) is 17.6 Å². The molecule has 1 aromatic rings. The number of benzene rings is 1. The van der Waals surface area contributed by atoms with Gasteiger partial charge in [0.15, 0.2) is 11.6 Å². The van der Waals surface area contributed by atoms with Gasteiger partial charge in [-0.1, -0.05) is 0 Å². The lowest BCUT2D eigenvalue weighted by Gasteiger charge is -2.16. The first-order valence-electron chi connectivity index (χ1n) is 5.52. The highest BCUT2D eigenvalue weighted by Gasteiger charge is 2.34. The maximum Gasteiger partial charge on any atom is 0.307 e. The molecule has 0 aromatic heterocycles. The molecule has 1 saturated heterocycles. The second kappa shape index (κ2) is 4.89. The molecule has 2 unspecified atom stereocenters. The van der Waals surface area contributed by atoms with Gasteiger partial charge in [-0.05, 0) is 18.6 Å². The van der Waals surface area contributed by atoms with Crippen LogP contribution >= 0.6 is 0 Å². The Morgan fingerprint density at radius 3 is 2.78 bits per heavy atom. The molecule has 2 N–H and O–H groups in total. The Bertz CT molecular complexity index is 479. The van der Waals surface area contributed by atoms with E-state index in [-0.39, 0.29) is 24.3 Å². The molecule has 1 aliphatic heterocycles. The first-order chi connectivity index (χ1) is 8.54. The van der Waals surface area contributed by atoms with Crippen molar-refractivity contribution in [2.75, 3.05) is 13.7 Å². The predicted octanol–water partition coefficient (Wildman–Crippen LogP) is 1.71. The zero-order valence-corrected chi connectivity index (χ0v) is 9.74. The van der Waals surface area contributed by atoms with Gasteiger partial charge in [0.2, 0.25) is 0 Å². The number of carboxylic acids is 1. The van der Waals surface area contributed by atoms with Crippen molar-refractivity contribution >= 4 is 5.97 Å². The van der Waals surface area contributed by atoms with E-state index < -0.39 is 29.6 Å². The van der Waals surface area contributed by atoms with Gasteiger partial charge in [0.1, 0.15) is 5.75 Å². The summed E-state index contributed by atoms with van der Waals surface area (Å²) in [5, 5.41) is 11.8.